The van der Waals surface area contributed by atoms with Crippen LogP contribution in [0.25, 0.3) is 0 Å². The summed E-state index contributed by atoms with van der Waals surface area (Å²) in [6.07, 6.45) is 2.62. The van der Waals surface area contributed by atoms with E-state index in [0.717, 1.165) is 19.0 Å². The second-order valence-corrected chi connectivity index (χ2v) is 6.11. The van der Waals surface area contributed by atoms with Gasteiger partial charge in [0.25, 0.3) is 0 Å². The highest BCUT2D eigenvalue weighted by Crippen LogP contribution is 2.20. The van der Waals surface area contributed by atoms with Crippen molar-refractivity contribution in [1.82, 2.24) is 5.32 Å². The van der Waals surface area contributed by atoms with Gasteiger partial charge in [0, 0.05) is 16.3 Å². The van der Waals surface area contributed by atoms with E-state index in [1.807, 2.05) is 11.3 Å². The third-order valence-electron chi connectivity index (χ3n) is 2.59. The van der Waals surface area contributed by atoms with E-state index in [2.05, 4.69) is 39.1 Å². The van der Waals surface area contributed by atoms with Crippen LogP contribution in [-0.2, 0) is 6.54 Å². The van der Waals surface area contributed by atoms with Gasteiger partial charge in [0.2, 0.25) is 0 Å². The summed E-state index contributed by atoms with van der Waals surface area (Å²) in [6, 6.07) is 2.30. The van der Waals surface area contributed by atoms with Crippen molar-refractivity contribution in [2.45, 2.75) is 47.1 Å². The Balaban J connectivity index is 2.17. The van der Waals surface area contributed by atoms with Crippen molar-refractivity contribution >= 4 is 11.3 Å². The average molecular weight is 225 g/mol. The van der Waals surface area contributed by atoms with Crippen molar-refractivity contribution in [3.05, 3.63) is 21.4 Å². The molecule has 0 bridgehead atoms. The molecule has 0 radical (unpaired) electrons. The van der Waals surface area contributed by atoms with Crippen LogP contribution < -0.4 is 5.32 Å². The number of thiophene rings is 1. The topological polar surface area (TPSA) is 12.0 Å². The molecule has 1 N–H and O–H groups in total. The molecule has 86 valence electrons. The number of hydrogen-bond acceptors (Lipinski definition) is 2. The summed E-state index contributed by atoms with van der Waals surface area (Å²) in [5, 5.41) is 3.52. The Morgan fingerprint density at radius 3 is 2.60 bits per heavy atom. The molecule has 1 heterocycles. The number of nitrogens with one attached hydrogen (secondary N) is 1. The monoisotopic (exact) mass is 225 g/mol. The van der Waals surface area contributed by atoms with Gasteiger partial charge < -0.3 is 5.32 Å². The number of rotatable bonds is 6. The number of aryl methyl sites for hydroxylation is 2. The second-order valence-electron chi connectivity index (χ2n) is 4.65. The van der Waals surface area contributed by atoms with E-state index in [1.165, 1.54) is 28.2 Å². The molecule has 1 aromatic heterocycles. The minimum absolute atomic E-state index is 0.830. The lowest BCUT2D eigenvalue weighted by atomic mass is 10.1. The van der Waals surface area contributed by atoms with Crippen molar-refractivity contribution in [1.29, 1.82) is 0 Å². The fourth-order valence-corrected chi connectivity index (χ4v) is 2.66. The van der Waals surface area contributed by atoms with Crippen LogP contribution in [0.1, 0.15) is 42.0 Å². The maximum atomic E-state index is 3.52. The van der Waals surface area contributed by atoms with Gasteiger partial charge in [-0.1, -0.05) is 13.8 Å². The van der Waals surface area contributed by atoms with Gasteiger partial charge in [-0.25, -0.2) is 0 Å². The van der Waals surface area contributed by atoms with E-state index in [4.69, 9.17) is 0 Å². The molecule has 0 saturated heterocycles. The van der Waals surface area contributed by atoms with Crippen molar-refractivity contribution in [3.8, 4) is 0 Å². The third kappa shape index (κ3) is 4.80. The summed E-state index contributed by atoms with van der Waals surface area (Å²) < 4.78 is 0. The van der Waals surface area contributed by atoms with Crippen molar-refractivity contribution < 1.29 is 0 Å². The third-order valence-corrected chi connectivity index (χ3v) is 3.60. The van der Waals surface area contributed by atoms with Crippen LogP contribution >= 0.6 is 11.3 Å². The molecule has 15 heavy (non-hydrogen) atoms. The Morgan fingerprint density at radius 2 is 2.07 bits per heavy atom. The normalized spacial score (nSPS) is 11.3. The molecule has 1 nitrogen and oxygen atoms in total. The first-order chi connectivity index (χ1) is 7.09. The van der Waals surface area contributed by atoms with E-state index in [0.29, 0.717) is 0 Å². The Bertz CT molecular complexity index is 289. The molecule has 0 amide bonds. The van der Waals surface area contributed by atoms with Gasteiger partial charge in [0.15, 0.2) is 0 Å². The zero-order chi connectivity index (χ0) is 11.3. The second kappa shape index (κ2) is 6.29. The first-order valence-electron chi connectivity index (χ1n) is 5.86. The lowest BCUT2D eigenvalue weighted by Crippen LogP contribution is -2.15. The lowest BCUT2D eigenvalue weighted by Gasteiger charge is -2.06. The standard InChI is InChI=1S/C13H23NS/c1-10(2)6-5-7-14-9-13-8-11(3)15-12(13)4/h8,10,14H,5-7,9H2,1-4H3. The summed E-state index contributed by atoms with van der Waals surface area (Å²) in [5.74, 6) is 0.830. The highest BCUT2D eigenvalue weighted by molar-refractivity contribution is 7.12. The van der Waals surface area contributed by atoms with E-state index in [1.54, 1.807) is 0 Å². The molecule has 0 fully saturated rings. The summed E-state index contributed by atoms with van der Waals surface area (Å²) >= 11 is 1.90. The van der Waals surface area contributed by atoms with Crippen LogP contribution in [0.2, 0.25) is 0 Å². The van der Waals surface area contributed by atoms with Crippen molar-refractivity contribution in [2.24, 2.45) is 5.92 Å². The van der Waals surface area contributed by atoms with Gasteiger partial charge in [-0.15, -0.1) is 11.3 Å². The maximum absolute atomic E-state index is 3.52. The van der Waals surface area contributed by atoms with E-state index in [9.17, 15) is 0 Å². The van der Waals surface area contributed by atoms with E-state index < -0.39 is 0 Å². The number of hydrogen-bond donors (Lipinski definition) is 1. The highest BCUT2D eigenvalue weighted by Gasteiger charge is 2.01. The Kier molecular flexibility index (Phi) is 5.34. The molecule has 0 aliphatic rings. The average Bonchev–Trinajstić information content (AvgIpc) is 2.44. The molecule has 0 saturated carbocycles. The van der Waals surface area contributed by atoms with Crippen LogP contribution in [0.4, 0.5) is 0 Å². The minimum atomic E-state index is 0.830. The quantitative estimate of drug-likeness (QED) is 0.724. The molecule has 0 unspecified atom stereocenters. The maximum Gasteiger partial charge on any atom is 0.0216 e. The van der Waals surface area contributed by atoms with Crippen molar-refractivity contribution in [3.63, 3.8) is 0 Å². The summed E-state index contributed by atoms with van der Waals surface area (Å²) in [4.78, 5) is 2.88. The zero-order valence-corrected chi connectivity index (χ0v) is 11.2. The molecule has 2 heteroatoms. The van der Waals surface area contributed by atoms with Gasteiger partial charge in [0.05, 0.1) is 0 Å². The summed E-state index contributed by atoms with van der Waals surface area (Å²) in [7, 11) is 0. The first kappa shape index (κ1) is 12.7. The SMILES string of the molecule is Cc1cc(CNCCCC(C)C)c(C)s1. The largest absolute Gasteiger partial charge is 0.313 e. The van der Waals surface area contributed by atoms with Gasteiger partial charge in [-0.2, -0.15) is 0 Å². The molecule has 0 aliphatic carbocycles. The van der Waals surface area contributed by atoms with Crippen LogP contribution in [0, 0.1) is 19.8 Å². The van der Waals surface area contributed by atoms with Crippen LogP contribution in [0.15, 0.2) is 6.07 Å². The summed E-state index contributed by atoms with van der Waals surface area (Å²) in [6.45, 7) is 11.1. The van der Waals surface area contributed by atoms with E-state index in [-0.39, 0.29) is 0 Å². The fraction of sp³-hybridized carbons (Fsp3) is 0.692. The molecule has 0 spiro atoms. The molecule has 0 aliphatic heterocycles. The molecule has 1 rings (SSSR count). The first-order valence-corrected chi connectivity index (χ1v) is 6.68. The Labute approximate surface area is 97.9 Å². The summed E-state index contributed by atoms with van der Waals surface area (Å²) in [5.41, 5.74) is 1.47. The zero-order valence-electron chi connectivity index (χ0n) is 10.4. The lowest BCUT2D eigenvalue weighted by molar-refractivity contribution is 0.527. The molecule has 1 aromatic rings. The predicted octanol–water partition coefficient (Wildman–Crippen LogP) is 3.89. The fourth-order valence-electron chi connectivity index (χ4n) is 1.72. The van der Waals surface area contributed by atoms with Crippen LogP contribution in [-0.4, -0.2) is 6.54 Å². The molecule has 0 aromatic carbocycles. The van der Waals surface area contributed by atoms with Crippen LogP contribution in [0.3, 0.4) is 0 Å². The molecule has 0 atom stereocenters. The minimum Gasteiger partial charge on any atom is -0.313 e. The van der Waals surface area contributed by atoms with Gasteiger partial charge in [-0.3, -0.25) is 0 Å². The Hall–Kier alpha value is -0.340. The van der Waals surface area contributed by atoms with E-state index >= 15 is 0 Å². The Morgan fingerprint density at radius 1 is 1.33 bits per heavy atom. The van der Waals surface area contributed by atoms with Crippen molar-refractivity contribution in [2.75, 3.05) is 6.54 Å². The smallest absolute Gasteiger partial charge is 0.0216 e. The molecular formula is C13H23NS. The predicted molar refractivity (Wildman–Crippen MR) is 69.6 cm³/mol. The molecular weight excluding hydrogens is 202 g/mol. The van der Waals surface area contributed by atoms with Crippen LogP contribution in [0.5, 0.6) is 0 Å². The van der Waals surface area contributed by atoms with Gasteiger partial charge in [-0.05, 0) is 50.8 Å². The van der Waals surface area contributed by atoms with Gasteiger partial charge in [0.1, 0.15) is 0 Å². The van der Waals surface area contributed by atoms with Gasteiger partial charge >= 0.3 is 0 Å². The highest BCUT2D eigenvalue weighted by atomic mass is 32.1.